The van der Waals surface area contributed by atoms with Crippen LogP contribution in [0.15, 0.2) is 0 Å². The van der Waals surface area contributed by atoms with Gasteiger partial charge in [0.15, 0.2) is 0 Å². The van der Waals surface area contributed by atoms with Gasteiger partial charge in [-0.2, -0.15) is 0 Å². The summed E-state index contributed by atoms with van der Waals surface area (Å²) in [6.07, 6.45) is 6.17. The van der Waals surface area contributed by atoms with Gasteiger partial charge in [0.1, 0.15) is 6.10 Å². The summed E-state index contributed by atoms with van der Waals surface area (Å²) in [5, 5.41) is 3.38. The average Bonchev–Trinajstić information content (AvgIpc) is 2.43. The number of hydrogen-bond donors (Lipinski definition) is 1. The molecule has 0 aromatic rings. The molecule has 2 aliphatic rings. The maximum Gasteiger partial charge on any atom is 0.313 e. The monoisotopic (exact) mass is 268 g/mol. The maximum absolute atomic E-state index is 12.6. The minimum absolute atomic E-state index is 0.0519. The molecule has 2 heterocycles. The van der Waals surface area contributed by atoms with Gasteiger partial charge in [0.2, 0.25) is 0 Å². The number of nitrogens with zero attached hydrogens (tertiary/aromatic N) is 1. The van der Waals surface area contributed by atoms with Crippen LogP contribution in [0.4, 0.5) is 0 Å². The van der Waals surface area contributed by atoms with Crippen LogP contribution in [0.2, 0.25) is 0 Å². The Kier molecular flexibility index (Phi) is 5.22. The molecule has 0 saturated carbocycles. The topological polar surface area (TPSA) is 41.6 Å². The van der Waals surface area contributed by atoms with Crippen molar-refractivity contribution >= 4 is 5.97 Å². The molecule has 2 rings (SSSR count). The highest BCUT2D eigenvalue weighted by molar-refractivity contribution is 5.77. The Morgan fingerprint density at radius 3 is 2.74 bits per heavy atom. The summed E-state index contributed by atoms with van der Waals surface area (Å²) >= 11 is 0. The Bertz CT molecular complexity index is 287. The van der Waals surface area contributed by atoms with E-state index < -0.39 is 0 Å². The van der Waals surface area contributed by atoms with E-state index >= 15 is 0 Å². The number of rotatable bonds is 4. The molecule has 0 bridgehead atoms. The van der Waals surface area contributed by atoms with E-state index in [1.807, 2.05) is 0 Å². The molecule has 0 spiro atoms. The van der Waals surface area contributed by atoms with Crippen molar-refractivity contribution in [2.75, 3.05) is 33.2 Å². The molecule has 0 aliphatic carbocycles. The Labute approximate surface area is 116 Å². The van der Waals surface area contributed by atoms with Crippen LogP contribution in [-0.2, 0) is 9.53 Å². The molecule has 1 atom stereocenters. The second-order valence-corrected chi connectivity index (χ2v) is 6.22. The Morgan fingerprint density at radius 1 is 1.42 bits per heavy atom. The number of carbonyl (C=O) groups excluding carboxylic acids is 1. The fraction of sp³-hybridized carbons (Fsp3) is 0.933. The third-order valence-electron chi connectivity index (χ3n) is 4.57. The van der Waals surface area contributed by atoms with Crippen LogP contribution in [0.25, 0.3) is 0 Å². The molecule has 1 N–H and O–H groups in total. The molecule has 110 valence electrons. The fourth-order valence-corrected chi connectivity index (χ4v) is 3.32. The van der Waals surface area contributed by atoms with Crippen molar-refractivity contribution in [3.8, 4) is 0 Å². The predicted octanol–water partition coefficient (Wildman–Crippen LogP) is 1.79. The number of carbonyl (C=O) groups is 1. The number of likely N-dealkylation sites (tertiary alicyclic amines) is 1. The van der Waals surface area contributed by atoms with Crippen molar-refractivity contribution in [2.45, 2.75) is 51.6 Å². The second kappa shape index (κ2) is 6.71. The van der Waals surface area contributed by atoms with E-state index in [1.54, 1.807) is 0 Å². The van der Waals surface area contributed by atoms with Gasteiger partial charge < -0.3 is 15.0 Å². The molecule has 1 unspecified atom stereocenters. The summed E-state index contributed by atoms with van der Waals surface area (Å²) in [6, 6.07) is 0. The molecule has 0 amide bonds. The van der Waals surface area contributed by atoms with Gasteiger partial charge in [-0.15, -0.1) is 0 Å². The molecule has 19 heavy (non-hydrogen) atoms. The van der Waals surface area contributed by atoms with Gasteiger partial charge in [0.05, 0.1) is 5.41 Å². The smallest absolute Gasteiger partial charge is 0.313 e. The van der Waals surface area contributed by atoms with E-state index in [0.29, 0.717) is 0 Å². The largest absolute Gasteiger partial charge is 0.462 e. The van der Waals surface area contributed by atoms with Crippen LogP contribution < -0.4 is 5.32 Å². The number of esters is 1. The van der Waals surface area contributed by atoms with E-state index in [9.17, 15) is 4.79 Å². The Morgan fingerprint density at radius 2 is 2.16 bits per heavy atom. The third kappa shape index (κ3) is 3.69. The van der Waals surface area contributed by atoms with Gasteiger partial charge in [-0.25, -0.2) is 0 Å². The highest BCUT2D eigenvalue weighted by Gasteiger charge is 2.41. The zero-order chi connectivity index (χ0) is 13.7. The molecule has 2 saturated heterocycles. The minimum Gasteiger partial charge on any atom is -0.462 e. The van der Waals surface area contributed by atoms with Crippen molar-refractivity contribution in [3.63, 3.8) is 0 Å². The minimum atomic E-state index is -0.254. The summed E-state index contributed by atoms with van der Waals surface area (Å²) in [5.41, 5.74) is -0.254. The zero-order valence-corrected chi connectivity index (χ0v) is 12.4. The highest BCUT2D eigenvalue weighted by Crippen LogP contribution is 2.34. The second-order valence-electron chi connectivity index (χ2n) is 6.22. The molecule has 2 fully saturated rings. The van der Waals surface area contributed by atoms with Crippen molar-refractivity contribution in [1.29, 1.82) is 0 Å². The maximum atomic E-state index is 12.6. The van der Waals surface area contributed by atoms with Crippen LogP contribution >= 0.6 is 0 Å². The van der Waals surface area contributed by atoms with Gasteiger partial charge in [0.25, 0.3) is 0 Å². The summed E-state index contributed by atoms with van der Waals surface area (Å²) in [4.78, 5) is 14.9. The van der Waals surface area contributed by atoms with E-state index in [-0.39, 0.29) is 17.5 Å². The van der Waals surface area contributed by atoms with Crippen LogP contribution in [0.3, 0.4) is 0 Å². The Balaban J connectivity index is 1.92. The van der Waals surface area contributed by atoms with E-state index in [2.05, 4.69) is 24.2 Å². The van der Waals surface area contributed by atoms with E-state index in [0.717, 1.165) is 64.7 Å². The van der Waals surface area contributed by atoms with Crippen LogP contribution in [-0.4, -0.2) is 50.2 Å². The SMILES string of the molecule is CCCC1(C(=O)OC2CCN(C)CC2)CCCNC1. The first-order chi connectivity index (χ1) is 9.16. The summed E-state index contributed by atoms with van der Waals surface area (Å²) in [6.45, 7) is 6.06. The molecular formula is C15H28N2O2. The lowest BCUT2D eigenvalue weighted by atomic mass is 9.77. The van der Waals surface area contributed by atoms with Crippen molar-refractivity contribution in [3.05, 3.63) is 0 Å². The average molecular weight is 268 g/mol. The summed E-state index contributed by atoms with van der Waals surface area (Å²) in [5.74, 6) is 0.0519. The lowest BCUT2D eigenvalue weighted by Crippen LogP contribution is -2.48. The molecular weight excluding hydrogens is 240 g/mol. The first kappa shape index (κ1) is 14.8. The van der Waals surface area contributed by atoms with Crippen LogP contribution in [0.1, 0.15) is 45.4 Å². The summed E-state index contributed by atoms with van der Waals surface area (Å²) < 4.78 is 5.83. The predicted molar refractivity (Wildman–Crippen MR) is 76.1 cm³/mol. The molecule has 0 radical (unpaired) electrons. The van der Waals surface area contributed by atoms with Gasteiger partial charge in [-0.3, -0.25) is 4.79 Å². The number of hydrogen-bond acceptors (Lipinski definition) is 4. The van der Waals surface area contributed by atoms with Gasteiger partial charge in [0, 0.05) is 19.6 Å². The first-order valence-corrected chi connectivity index (χ1v) is 7.76. The number of piperidine rings is 2. The first-order valence-electron chi connectivity index (χ1n) is 7.76. The van der Waals surface area contributed by atoms with Crippen molar-refractivity contribution in [1.82, 2.24) is 10.2 Å². The van der Waals surface area contributed by atoms with Crippen LogP contribution in [0.5, 0.6) is 0 Å². The van der Waals surface area contributed by atoms with E-state index in [1.165, 1.54) is 0 Å². The molecule has 0 aromatic heterocycles. The number of nitrogens with one attached hydrogen (secondary N) is 1. The molecule has 2 aliphatic heterocycles. The lowest BCUT2D eigenvalue weighted by molar-refractivity contribution is -0.165. The van der Waals surface area contributed by atoms with E-state index in [4.69, 9.17) is 4.74 Å². The lowest BCUT2D eigenvalue weighted by Gasteiger charge is -2.37. The third-order valence-corrected chi connectivity index (χ3v) is 4.57. The fourth-order valence-electron chi connectivity index (χ4n) is 3.32. The standard InChI is InChI=1S/C15H28N2O2/c1-3-7-15(8-4-9-16-12-15)14(18)19-13-5-10-17(2)11-6-13/h13,16H,3-12H2,1-2H3. The number of ether oxygens (including phenoxy) is 1. The highest BCUT2D eigenvalue weighted by atomic mass is 16.5. The molecule has 4 heteroatoms. The quantitative estimate of drug-likeness (QED) is 0.789. The molecule has 0 aromatic carbocycles. The van der Waals surface area contributed by atoms with Crippen LogP contribution in [0, 0.1) is 5.41 Å². The van der Waals surface area contributed by atoms with Gasteiger partial charge >= 0.3 is 5.97 Å². The Hall–Kier alpha value is -0.610. The van der Waals surface area contributed by atoms with Crippen molar-refractivity contribution < 1.29 is 9.53 Å². The molecule has 4 nitrogen and oxygen atoms in total. The summed E-state index contributed by atoms with van der Waals surface area (Å²) in [7, 11) is 2.13. The zero-order valence-electron chi connectivity index (χ0n) is 12.4. The van der Waals surface area contributed by atoms with Gasteiger partial charge in [-0.1, -0.05) is 13.3 Å². The van der Waals surface area contributed by atoms with Crippen molar-refractivity contribution in [2.24, 2.45) is 5.41 Å². The van der Waals surface area contributed by atoms with Gasteiger partial charge in [-0.05, 0) is 45.7 Å². The normalized spacial score (nSPS) is 30.2.